The van der Waals surface area contributed by atoms with Crippen LogP contribution < -0.4 is 15.4 Å². The average molecular weight is 250 g/mol. The van der Waals surface area contributed by atoms with Crippen LogP contribution in [0.3, 0.4) is 0 Å². The summed E-state index contributed by atoms with van der Waals surface area (Å²) < 4.78 is 10.4. The van der Waals surface area contributed by atoms with Crippen molar-refractivity contribution < 1.29 is 14.3 Å². The van der Waals surface area contributed by atoms with E-state index in [0.717, 1.165) is 11.4 Å². The molecule has 1 aromatic rings. The monoisotopic (exact) mass is 250 g/mol. The van der Waals surface area contributed by atoms with Gasteiger partial charge in [-0.05, 0) is 31.3 Å². The molecule has 1 saturated heterocycles. The molecule has 2 rings (SSSR count). The summed E-state index contributed by atoms with van der Waals surface area (Å²) in [6, 6.07) is 7.36. The van der Waals surface area contributed by atoms with Crippen molar-refractivity contribution in [2.45, 2.75) is 6.04 Å². The highest BCUT2D eigenvalue weighted by molar-refractivity contribution is 5.93. The van der Waals surface area contributed by atoms with Crippen molar-refractivity contribution in [3.8, 4) is 5.75 Å². The Morgan fingerprint density at radius 2 is 2.06 bits per heavy atom. The summed E-state index contributed by atoms with van der Waals surface area (Å²) in [5.74, 6) is 0.611. The van der Waals surface area contributed by atoms with Crippen LogP contribution in [0.25, 0.3) is 0 Å². The van der Waals surface area contributed by atoms with Gasteiger partial charge in [0.25, 0.3) is 0 Å². The van der Waals surface area contributed by atoms with Gasteiger partial charge >= 0.3 is 0 Å². The maximum atomic E-state index is 12.1. The maximum absolute atomic E-state index is 12.1. The lowest BCUT2D eigenvalue weighted by Gasteiger charge is -2.16. The topological polar surface area (TPSA) is 59.6 Å². The number of carbonyl (C=O) groups is 1. The lowest BCUT2D eigenvalue weighted by Crippen LogP contribution is -2.39. The fourth-order valence-electron chi connectivity index (χ4n) is 2.01. The molecule has 0 aromatic heterocycles. The van der Waals surface area contributed by atoms with E-state index in [2.05, 4.69) is 10.6 Å². The number of likely N-dealkylation sites (N-methyl/N-ethyl adjacent to an activating group) is 1. The van der Waals surface area contributed by atoms with Gasteiger partial charge in [-0.1, -0.05) is 0 Å². The molecule has 2 N–H and O–H groups in total. The average Bonchev–Trinajstić information content (AvgIpc) is 2.88. The van der Waals surface area contributed by atoms with Crippen LogP contribution in [-0.4, -0.2) is 39.3 Å². The summed E-state index contributed by atoms with van der Waals surface area (Å²) in [5.41, 5.74) is 0.766. The van der Waals surface area contributed by atoms with Crippen LogP contribution in [0.4, 0.5) is 5.69 Å². The second kappa shape index (κ2) is 5.84. The Hall–Kier alpha value is -1.59. The molecule has 1 heterocycles. The molecule has 0 saturated carbocycles. The second-order valence-corrected chi connectivity index (χ2v) is 4.26. The van der Waals surface area contributed by atoms with Crippen molar-refractivity contribution in [3.63, 3.8) is 0 Å². The third-order valence-corrected chi connectivity index (χ3v) is 3.15. The molecule has 2 atom stereocenters. The number of methoxy groups -OCH3 is 1. The Balaban J connectivity index is 1.97. The van der Waals surface area contributed by atoms with Gasteiger partial charge in [0.2, 0.25) is 5.91 Å². The number of amides is 1. The largest absolute Gasteiger partial charge is 0.497 e. The first-order valence-corrected chi connectivity index (χ1v) is 5.94. The predicted octanol–water partition coefficient (Wildman–Crippen LogP) is 0.868. The number of nitrogens with one attached hydrogen (secondary N) is 2. The third-order valence-electron chi connectivity index (χ3n) is 3.15. The van der Waals surface area contributed by atoms with Crippen molar-refractivity contribution in [2.24, 2.45) is 5.92 Å². The summed E-state index contributed by atoms with van der Waals surface area (Å²) >= 11 is 0. The van der Waals surface area contributed by atoms with Crippen LogP contribution in [0, 0.1) is 5.92 Å². The molecule has 0 spiro atoms. The zero-order valence-electron chi connectivity index (χ0n) is 10.6. The number of ether oxygens (including phenoxy) is 2. The Bertz CT molecular complexity index is 405. The molecule has 1 amide bonds. The molecule has 1 aliphatic heterocycles. The molecule has 0 bridgehead atoms. The highest BCUT2D eigenvalue weighted by atomic mass is 16.5. The molecule has 1 fully saturated rings. The van der Waals surface area contributed by atoms with Gasteiger partial charge in [-0.2, -0.15) is 0 Å². The predicted molar refractivity (Wildman–Crippen MR) is 68.8 cm³/mol. The van der Waals surface area contributed by atoms with E-state index in [-0.39, 0.29) is 17.9 Å². The number of carbonyl (C=O) groups excluding carboxylic acids is 1. The summed E-state index contributed by atoms with van der Waals surface area (Å²) in [4.78, 5) is 12.1. The van der Waals surface area contributed by atoms with Gasteiger partial charge in [-0.15, -0.1) is 0 Å². The number of hydrogen-bond donors (Lipinski definition) is 2. The van der Waals surface area contributed by atoms with Gasteiger partial charge in [-0.3, -0.25) is 4.79 Å². The van der Waals surface area contributed by atoms with Gasteiger partial charge in [0, 0.05) is 11.7 Å². The molecule has 0 aliphatic carbocycles. The van der Waals surface area contributed by atoms with Crippen molar-refractivity contribution in [1.29, 1.82) is 0 Å². The van der Waals surface area contributed by atoms with Crippen LogP contribution in [0.5, 0.6) is 5.75 Å². The number of rotatable bonds is 4. The Labute approximate surface area is 106 Å². The van der Waals surface area contributed by atoms with Crippen LogP contribution >= 0.6 is 0 Å². The molecule has 1 aliphatic rings. The quantitative estimate of drug-likeness (QED) is 0.832. The minimum Gasteiger partial charge on any atom is -0.497 e. The van der Waals surface area contributed by atoms with Crippen LogP contribution in [0.2, 0.25) is 0 Å². The Morgan fingerprint density at radius 3 is 2.67 bits per heavy atom. The molecular formula is C13H18N2O3. The van der Waals surface area contributed by atoms with Crippen molar-refractivity contribution in [3.05, 3.63) is 24.3 Å². The number of hydrogen-bond acceptors (Lipinski definition) is 4. The first kappa shape index (κ1) is 12.9. The number of benzene rings is 1. The zero-order valence-corrected chi connectivity index (χ0v) is 10.6. The standard InChI is InChI=1S/C13H18N2O3/c1-14-12-8-18-7-11(12)13(16)15-9-3-5-10(17-2)6-4-9/h3-6,11-12,14H,7-8H2,1-2H3,(H,15,16). The smallest absolute Gasteiger partial charge is 0.231 e. The summed E-state index contributed by atoms with van der Waals surface area (Å²) in [5, 5.41) is 5.98. The van der Waals surface area contributed by atoms with E-state index in [1.807, 2.05) is 31.3 Å². The highest BCUT2D eigenvalue weighted by Crippen LogP contribution is 2.18. The fourth-order valence-corrected chi connectivity index (χ4v) is 2.01. The highest BCUT2D eigenvalue weighted by Gasteiger charge is 2.32. The van der Waals surface area contributed by atoms with Crippen LogP contribution in [0.1, 0.15) is 0 Å². The Morgan fingerprint density at radius 1 is 1.33 bits per heavy atom. The van der Waals surface area contributed by atoms with E-state index in [0.29, 0.717) is 13.2 Å². The molecule has 1 aromatic carbocycles. The minimum absolute atomic E-state index is 0.0167. The van der Waals surface area contributed by atoms with Gasteiger partial charge in [-0.25, -0.2) is 0 Å². The molecule has 2 unspecified atom stereocenters. The van der Waals surface area contributed by atoms with Gasteiger partial charge in [0.15, 0.2) is 0 Å². The van der Waals surface area contributed by atoms with E-state index < -0.39 is 0 Å². The first-order chi connectivity index (χ1) is 8.74. The molecule has 98 valence electrons. The molecule has 18 heavy (non-hydrogen) atoms. The molecular weight excluding hydrogens is 232 g/mol. The molecule has 5 heteroatoms. The summed E-state index contributed by atoms with van der Waals surface area (Å²) in [7, 11) is 3.45. The van der Waals surface area contributed by atoms with E-state index in [9.17, 15) is 4.79 Å². The molecule has 0 radical (unpaired) electrons. The Kier molecular flexibility index (Phi) is 4.17. The number of anilines is 1. The minimum atomic E-state index is -0.142. The van der Waals surface area contributed by atoms with Crippen molar-refractivity contribution >= 4 is 11.6 Å². The molecule has 5 nitrogen and oxygen atoms in total. The van der Waals surface area contributed by atoms with E-state index in [1.54, 1.807) is 7.11 Å². The second-order valence-electron chi connectivity index (χ2n) is 4.26. The van der Waals surface area contributed by atoms with E-state index >= 15 is 0 Å². The SMILES string of the molecule is CNC1COCC1C(=O)Nc1ccc(OC)cc1. The normalized spacial score (nSPS) is 22.8. The van der Waals surface area contributed by atoms with Crippen LogP contribution in [-0.2, 0) is 9.53 Å². The van der Waals surface area contributed by atoms with E-state index in [4.69, 9.17) is 9.47 Å². The van der Waals surface area contributed by atoms with Crippen LogP contribution in [0.15, 0.2) is 24.3 Å². The first-order valence-electron chi connectivity index (χ1n) is 5.94. The lowest BCUT2D eigenvalue weighted by molar-refractivity contribution is -0.120. The van der Waals surface area contributed by atoms with Gasteiger partial charge in [0.1, 0.15) is 5.75 Å². The zero-order chi connectivity index (χ0) is 13.0. The lowest BCUT2D eigenvalue weighted by atomic mass is 10.0. The van der Waals surface area contributed by atoms with Crippen molar-refractivity contribution in [1.82, 2.24) is 5.32 Å². The third kappa shape index (κ3) is 2.80. The fraction of sp³-hybridized carbons (Fsp3) is 0.462. The summed E-state index contributed by atoms with van der Waals surface area (Å²) in [6.45, 7) is 1.05. The van der Waals surface area contributed by atoms with Gasteiger partial charge < -0.3 is 20.1 Å². The van der Waals surface area contributed by atoms with E-state index in [1.165, 1.54) is 0 Å². The summed E-state index contributed by atoms with van der Waals surface area (Å²) in [6.07, 6.45) is 0. The van der Waals surface area contributed by atoms with Crippen molar-refractivity contribution in [2.75, 3.05) is 32.7 Å². The maximum Gasteiger partial charge on any atom is 0.231 e. The van der Waals surface area contributed by atoms with Gasteiger partial charge in [0.05, 0.1) is 26.2 Å².